The Hall–Kier alpha value is -0.610. The lowest BCUT2D eigenvalue weighted by Crippen LogP contribution is -2.35. The van der Waals surface area contributed by atoms with Gasteiger partial charge in [-0.3, -0.25) is 0 Å². The molecule has 2 aliphatic rings. The van der Waals surface area contributed by atoms with Gasteiger partial charge in [-0.2, -0.15) is 10.5 Å². The van der Waals surface area contributed by atoms with Gasteiger partial charge in [-0.25, -0.2) is 0 Å². The molecule has 12 heteroatoms. The summed E-state index contributed by atoms with van der Waals surface area (Å²) in [5.74, 6) is -0.0589. The van der Waals surface area contributed by atoms with Crippen LogP contribution in [0.2, 0.25) is 0 Å². The minimum atomic E-state index is -3.27. The van der Waals surface area contributed by atoms with Gasteiger partial charge in [0.2, 0.25) is 0 Å². The number of aliphatic hydroxyl groups excluding tert-OH is 1. The fourth-order valence-corrected chi connectivity index (χ4v) is 7.66. The Bertz CT molecular complexity index is 905. The van der Waals surface area contributed by atoms with Gasteiger partial charge in [0.05, 0.1) is 73.8 Å². The zero-order chi connectivity index (χ0) is 28.9. The molecule has 0 bridgehead atoms. The molecule has 0 radical (unpaired) electrons. The fraction of sp³-hybridized carbons (Fsp3) is 0.889. The van der Waals surface area contributed by atoms with Gasteiger partial charge in [-0.1, -0.05) is 21.3 Å². The van der Waals surface area contributed by atoms with E-state index in [1.54, 1.807) is 13.8 Å². The molecule has 0 aromatic heterocycles. The predicted octanol–water partition coefficient (Wildman–Crippen LogP) is 5.80. The van der Waals surface area contributed by atoms with Gasteiger partial charge in [-0.15, -0.1) is 0 Å². The summed E-state index contributed by atoms with van der Waals surface area (Å²) < 4.78 is 43.0. The van der Waals surface area contributed by atoms with E-state index in [-0.39, 0.29) is 57.5 Å². The molecule has 0 aliphatic carbocycles. The molecular weight excluding hydrogens is 542 g/mol. The van der Waals surface area contributed by atoms with Crippen LogP contribution in [0.3, 0.4) is 0 Å². The largest absolute Gasteiger partial charge is 0.390 e. The van der Waals surface area contributed by atoms with Gasteiger partial charge in [0, 0.05) is 18.5 Å². The number of ether oxygens (including phenoxy) is 2. The van der Waals surface area contributed by atoms with Crippen molar-refractivity contribution in [3.8, 4) is 12.1 Å². The minimum Gasteiger partial charge on any atom is -0.390 e. The van der Waals surface area contributed by atoms with Gasteiger partial charge < -0.3 is 37.2 Å². The van der Waals surface area contributed by atoms with Crippen LogP contribution >= 0.6 is 15.9 Å². The number of nitrogens with zero attached hydrogens (tertiary/aromatic N) is 2. The minimum absolute atomic E-state index is 0. The molecule has 10 atom stereocenters. The Balaban J connectivity index is 0.00000760. The first-order valence-corrected chi connectivity index (χ1v) is 16.4. The lowest BCUT2D eigenvalue weighted by atomic mass is 10.00. The standard InChI is InChI=1S/C26H46N2O8P2.CH4/c1-17-19(3)32-21(23(17)29)16-31-38(10,36-26(7,8)12-14-28)34-24-18(2)20(4)33-22(24)15-30-37(9)35-25(5,6)11-13-27;/h17-24,29H,10-12,15-16H2,1-9H3;1H4. The van der Waals surface area contributed by atoms with Gasteiger partial charge in [0.15, 0.2) is 8.38 Å². The maximum Gasteiger partial charge on any atom is 0.251 e. The van der Waals surface area contributed by atoms with Crippen molar-refractivity contribution in [3.05, 3.63) is 0 Å². The summed E-state index contributed by atoms with van der Waals surface area (Å²) in [5, 5.41) is 28.9. The molecule has 10 unspecified atom stereocenters. The van der Waals surface area contributed by atoms with E-state index in [0.29, 0.717) is 0 Å². The van der Waals surface area contributed by atoms with Crippen molar-refractivity contribution in [1.29, 1.82) is 10.5 Å². The summed E-state index contributed by atoms with van der Waals surface area (Å²) in [4.78, 5) is 0. The van der Waals surface area contributed by atoms with Crippen molar-refractivity contribution in [2.75, 3.05) is 19.9 Å². The van der Waals surface area contributed by atoms with E-state index in [0.717, 1.165) is 0 Å². The van der Waals surface area contributed by atoms with Crippen molar-refractivity contribution in [2.45, 2.75) is 123 Å². The van der Waals surface area contributed by atoms with Crippen molar-refractivity contribution in [3.63, 3.8) is 0 Å². The first kappa shape index (κ1) is 36.4. The third-order valence-corrected chi connectivity index (χ3v) is 10.1. The molecule has 0 saturated carbocycles. The summed E-state index contributed by atoms with van der Waals surface area (Å²) in [6, 6.07) is 4.27. The third kappa shape index (κ3) is 10.6. The number of aliphatic hydroxyl groups is 1. The topological polar surface area (TPSA) is 132 Å². The molecule has 0 aromatic rings. The molecule has 1 N–H and O–H groups in total. The second-order valence-electron chi connectivity index (χ2n) is 11.6. The van der Waals surface area contributed by atoms with Gasteiger partial charge >= 0.3 is 0 Å². The van der Waals surface area contributed by atoms with Gasteiger partial charge in [-0.05, 0) is 47.8 Å². The molecule has 226 valence electrons. The summed E-state index contributed by atoms with van der Waals surface area (Å²) in [6.07, 6.45) is 2.25. The quantitative estimate of drug-likeness (QED) is 0.247. The van der Waals surface area contributed by atoms with Crippen LogP contribution < -0.4 is 0 Å². The second-order valence-corrected chi connectivity index (χ2v) is 14.7. The molecule has 2 fully saturated rings. The van der Waals surface area contributed by atoms with Crippen LogP contribution in [-0.2, 0) is 32.1 Å². The van der Waals surface area contributed by atoms with Crippen LogP contribution in [0.5, 0.6) is 0 Å². The average Bonchev–Trinajstić information content (AvgIpc) is 3.19. The second kappa shape index (κ2) is 15.0. The summed E-state index contributed by atoms with van der Waals surface area (Å²) >= 11 is 0. The number of hydrogen-bond donors (Lipinski definition) is 1. The van der Waals surface area contributed by atoms with Crippen molar-refractivity contribution in [2.24, 2.45) is 11.8 Å². The number of nitriles is 2. The third-order valence-electron chi connectivity index (χ3n) is 6.97. The smallest absolute Gasteiger partial charge is 0.251 e. The van der Waals surface area contributed by atoms with E-state index in [9.17, 15) is 10.4 Å². The molecule has 2 rings (SSSR count). The monoisotopic (exact) mass is 592 g/mol. The highest BCUT2D eigenvalue weighted by Crippen LogP contribution is 2.56. The Morgan fingerprint density at radius 3 is 2.00 bits per heavy atom. The molecule has 0 spiro atoms. The highest BCUT2D eigenvalue weighted by molar-refractivity contribution is 7.59. The van der Waals surface area contributed by atoms with E-state index in [4.69, 9.17) is 37.4 Å². The van der Waals surface area contributed by atoms with Gasteiger partial charge in [0.1, 0.15) is 12.2 Å². The Kier molecular flexibility index (Phi) is 14.0. The van der Waals surface area contributed by atoms with E-state index in [2.05, 4.69) is 18.4 Å². The predicted molar refractivity (Wildman–Crippen MR) is 154 cm³/mol. The zero-order valence-corrected chi connectivity index (χ0v) is 26.0. The Morgan fingerprint density at radius 1 is 0.923 bits per heavy atom. The number of rotatable bonds is 14. The first-order valence-electron chi connectivity index (χ1n) is 13.1. The molecule has 10 nitrogen and oxygen atoms in total. The van der Waals surface area contributed by atoms with E-state index in [1.165, 1.54) is 0 Å². The first-order chi connectivity index (χ1) is 17.5. The van der Waals surface area contributed by atoms with Crippen LogP contribution in [0.1, 0.15) is 75.7 Å². The zero-order valence-electron chi connectivity index (χ0n) is 24.2. The van der Waals surface area contributed by atoms with Crippen molar-refractivity contribution >= 4 is 22.2 Å². The van der Waals surface area contributed by atoms with Gasteiger partial charge in [0.25, 0.3) is 7.57 Å². The van der Waals surface area contributed by atoms with Crippen LogP contribution in [0.25, 0.3) is 0 Å². The molecule has 2 heterocycles. The van der Waals surface area contributed by atoms with E-state index in [1.807, 2.05) is 48.2 Å². The average molecular weight is 593 g/mol. The molecule has 39 heavy (non-hydrogen) atoms. The molecule has 2 aliphatic heterocycles. The van der Waals surface area contributed by atoms with Crippen molar-refractivity contribution in [1.82, 2.24) is 0 Å². The molecule has 2 saturated heterocycles. The van der Waals surface area contributed by atoms with Crippen LogP contribution in [0.15, 0.2) is 0 Å². The normalized spacial score (nSPS) is 33.5. The maximum absolute atomic E-state index is 10.6. The lowest BCUT2D eigenvalue weighted by molar-refractivity contribution is -0.0392. The fourth-order valence-electron chi connectivity index (χ4n) is 4.44. The lowest BCUT2D eigenvalue weighted by Gasteiger charge is -2.36. The van der Waals surface area contributed by atoms with Crippen LogP contribution in [0, 0.1) is 34.5 Å². The molecule has 0 aromatic carbocycles. The van der Waals surface area contributed by atoms with E-state index >= 15 is 0 Å². The molecule has 0 amide bonds. The van der Waals surface area contributed by atoms with Crippen LogP contribution in [0.4, 0.5) is 0 Å². The highest BCUT2D eigenvalue weighted by Gasteiger charge is 2.46. The van der Waals surface area contributed by atoms with Crippen molar-refractivity contribution < 1.29 is 37.2 Å². The SMILES string of the molecule is C.C=P(OCC1OC(C)C(C)C1O)(OC1C(COP(C)OC(C)(C)CC#N)OC(C)C1C)OC(C)(C)CC#N. The summed E-state index contributed by atoms with van der Waals surface area (Å²) in [6.45, 7) is 17.2. The Morgan fingerprint density at radius 2 is 1.46 bits per heavy atom. The Labute approximate surface area is 237 Å². The summed E-state index contributed by atoms with van der Waals surface area (Å²) in [7, 11) is -4.54. The highest BCUT2D eigenvalue weighted by atomic mass is 31.2. The maximum atomic E-state index is 10.6. The summed E-state index contributed by atoms with van der Waals surface area (Å²) in [5.41, 5.74) is -1.50. The molecular formula is C27H50N2O8P2. The van der Waals surface area contributed by atoms with E-state index < -0.39 is 51.6 Å². The van der Waals surface area contributed by atoms with Crippen LogP contribution in [-0.4, -0.2) is 79.1 Å². The number of hydrogen-bond acceptors (Lipinski definition) is 10.